The van der Waals surface area contributed by atoms with Crippen molar-refractivity contribution in [2.45, 2.75) is 57.4 Å². The largest absolute Gasteiger partial charge is 0.282 e. The lowest BCUT2D eigenvalue weighted by molar-refractivity contribution is 0.322. The van der Waals surface area contributed by atoms with Crippen LogP contribution in [0.15, 0.2) is 29.2 Å². The van der Waals surface area contributed by atoms with E-state index in [1.165, 1.54) is 16.4 Å². The highest BCUT2D eigenvalue weighted by Gasteiger charge is 2.30. The molecule has 1 aromatic carbocycles. The number of hydrogen-bond donors (Lipinski definition) is 0. The van der Waals surface area contributed by atoms with E-state index in [4.69, 9.17) is 0 Å². The second-order valence-corrected chi connectivity index (χ2v) is 10.7. The molecule has 0 aliphatic heterocycles. The summed E-state index contributed by atoms with van der Waals surface area (Å²) in [6.07, 6.45) is 4.68. The van der Waals surface area contributed by atoms with Gasteiger partial charge in [0.2, 0.25) is 0 Å². The molecule has 0 fully saturated rings. The molecule has 0 amide bonds. The molecule has 0 aromatic heterocycles. The Balaban J connectivity index is 3.03. The lowest BCUT2D eigenvalue weighted by Crippen LogP contribution is -2.43. The highest BCUT2D eigenvalue weighted by Crippen LogP contribution is 2.25. The first-order valence-corrected chi connectivity index (χ1v) is 12.4. The Labute approximate surface area is 159 Å². The zero-order valence-electron chi connectivity index (χ0n) is 16.5. The third-order valence-corrected chi connectivity index (χ3v) is 7.74. The fourth-order valence-electron chi connectivity index (χ4n) is 2.60. The van der Waals surface area contributed by atoms with Gasteiger partial charge in [0.1, 0.15) is 0 Å². The van der Waals surface area contributed by atoms with Gasteiger partial charge in [-0.05, 0) is 37.5 Å². The average molecular weight is 405 g/mol. The van der Waals surface area contributed by atoms with Gasteiger partial charge in [-0.1, -0.05) is 38.8 Å². The SMILES string of the molecule is CCCCN(CCCC)S(=O)(=O)N(C)C(C)c1ccc(S(C)(=O)=O)cc1. The van der Waals surface area contributed by atoms with Crippen LogP contribution < -0.4 is 0 Å². The number of hydrogen-bond acceptors (Lipinski definition) is 4. The summed E-state index contributed by atoms with van der Waals surface area (Å²) in [6, 6.07) is 6.01. The van der Waals surface area contributed by atoms with Crippen LogP contribution in [0.5, 0.6) is 0 Å². The van der Waals surface area contributed by atoms with Crippen molar-refractivity contribution in [3.8, 4) is 0 Å². The molecule has 6 nitrogen and oxygen atoms in total. The van der Waals surface area contributed by atoms with Crippen LogP contribution in [0.25, 0.3) is 0 Å². The van der Waals surface area contributed by atoms with Crippen LogP contribution in [-0.2, 0) is 20.0 Å². The van der Waals surface area contributed by atoms with Gasteiger partial charge >= 0.3 is 0 Å². The molecule has 0 saturated heterocycles. The van der Waals surface area contributed by atoms with Crippen molar-refractivity contribution in [1.29, 1.82) is 0 Å². The molecular formula is C18H32N2O4S2. The van der Waals surface area contributed by atoms with E-state index in [0.717, 1.165) is 37.5 Å². The van der Waals surface area contributed by atoms with Crippen LogP contribution in [0.4, 0.5) is 0 Å². The van der Waals surface area contributed by atoms with E-state index < -0.39 is 20.0 Å². The summed E-state index contributed by atoms with van der Waals surface area (Å²) in [4.78, 5) is 0.228. The van der Waals surface area contributed by atoms with Crippen LogP contribution >= 0.6 is 0 Å². The molecule has 0 spiro atoms. The van der Waals surface area contributed by atoms with E-state index in [9.17, 15) is 16.8 Å². The molecule has 0 aliphatic carbocycles. The Bertz CT molecular complexity index is 751. The topological polar surface area (TPSA) is 74.8 Å². The third kappa shape index (κ3) is 6.04. The van der Waals surface area contributed by atoms with Gasteiger partial charge in [0.05, 0.1) is 4.90 Å². The molecule has 0 N–H and O–H groups in total. The number of sulfone groups is 1. The fraction of sp³-hybridized carbons (Fsp3) is 0.667. The standard InChI is InChI=1S/C18H32N2O4S2/c1-6-8-14-20(15-9-7-2)26(23,24)19(4)16(3)17-10-12-18(13-11-17)25(5,21)22/h10-13,16H,6-9,14-15H2,1-5H3. The van der Waals surface area contributed by atoms with Crippen LogP contribution in [0.2, 0.25) is 0 Å². The van der Waals surface area contributed by atoms with Crippen molar-refractivity contribution in [3.05, 3.63) is 29.8 Å². The summed E-state index contributed by atoms with van der Waals surface area (Å²) in [6.45, 7) is 6.93. The van der Waals surface area contributed by atoms with Crippen molar-refractivity contribution < 1.29 is 16.8 Å². The molecule has 0 saturated carbocycles. The minimum absolute atomic E-state index is 0.228. The Hall–Kier alpha value is -0.960. The molecule has 1 atom stereocenters. The molecule has 0 heterocycles. The summed E-state index contributed by atoms with van der Waals surface area (Å²) < 4.78 is 52.2. The second-order valence-electron chi connectivity index (χ2n) is 6.65. The van der Waals surface area contributed by atoms with Gasteiger partial charge in [0.25, 0.3) is 10.2 Å². The average Bonchev–Trinajstić information content (AvgIpc) is 2.59. The molecular weight excluding hydrogens is 372 g/mol. The maximum absolute atomic E-state index is 13.0. The molecule has 1 unspecified atom stereocenters. The maximum Gasteiger partial charge on any atom is 0.282 e. The molecule has 1 aromatic rings. The van der Waals surface area contributed by atoms with E-state index in [-0.39, 0.29) is 10.9 Å². The molecule has 0 radical (unpaired) electrons. The maximum atomic E-state index is 13.0. The molecule has 26 heavy (non-hydrogen) atoms. The quantitative estimate of drug-likeness (QED) is 0.567. The zero-order valence-corrected chi connectivity index (χ0v) is 18.1. The predicted octanol–water partition coefficient (Wildman–Crippen LogP) is 3.23. The minimum Gasteiger partial charge on any atom is -0.224 e. The lowest BCUT2D eigenvalue weighted by Gasteiger charge is -2.31. The highest BCUT2D eigenvalue weighted by molar-refractivity contribution is 7.90. The van der Waals surface area contributed by atoms with Gasteiger partial charge < -0.3 is 0 Å². The Morgan fingerprint density at radius 3 is 1.77 bits per heavy atom. The second kappa shape index (κ2) is 9.82. The monoisotopic (exact) mass is 404 g/mol. The van der Waals surface area contributed by atoms with Crippen molar-refractivity contribution in [3.63, 3.8) is 0 Å². The Kier molecular flexibility index (Phi) is 8.72. The molecule has 0 aliphatic rings. The first-order valence-electron chi connectivity index (χ1n) is 9.08. The number of nitrogens with zero attached hydrogens (tertiary/aromatic N) is 2. The van der Waals surface area contributed by atoms with Gasteiger partial charge in [0, 0.05) is 32.4 Å². The zero-order chi connectivity index (χ0) is 20.0. The normalized spacial score (nSPS) is 14.1. The third-order valence-electron chi connectivity index (χ3n) is 4.55. The number of benzene rings is 1. The molecule has 150 valence electrons. The number of rotatable bonds is 11. The lowest BCUT2D eigenvalue weighted by atomic mass is 10.1. The first-order chi connectivity index (χ1) is 12.1. The van der Waals surface area contributed by atoms with Gasteiger partial charge in [0.15, 0.2) is 9.84 Å². The Morgan fingerprint density at radius 1 is 0.923 bits per heavy atom. The Morgan fingerprint density at radius 2 is 1.38 bits per heavy atom. The predicted molar refractivity (Wildman–Crippen MR) is 106 cm³/mol. The summed E-state index contributed by atoms with van der Waals surface area (Å²) in [7, 11) is -5.27. The summed E-state index contributed by atoms with van der Waals surface area (Å²) >= 11 is 0. The van der Waals surface area contributed by atoms with E-state index in [1.54, 1.807) is 23.5 Å². The van der Waals surface area contributed by atoms with Crippen molar-refractivity contribution >= 4 is 20.0 Å². The van der Waals surface area contributed by atoms with Crippen LogP contribution in [0.1, 0.15) is 58.1 Å². The van der Waals surface area contributed by atoms with Crippen LogP contribution in [-0.4, -0.2) is 51.8 Å². The van der Waals surface area contributed by atoms with Crippen LogP contribution in [0.3, 0.4) is 0 Å². The summed E-state index contributed by atoms with van der Waals surface area (Å²) in [5.41, 5.74) is 0.759. The smallest absolute Gasteiger partial charge is 0.224 e. The highest BCUT2D eigenvalue weighted by atomic mass is 32.2. The minimum atomic E-state index is -3.58. The van der Waals surface area contributed by atoms with Gasteiger partial charge in [-0.2, -0.15) is 17.0 Å². The van der Waals surface area contributed by atoms with Crippen molar-refractivity contribution in [2.24, 2.45) is 0 Å². The van der Waals surface area contributed by atoms with Gasteiger partial charge in [-0.3, -0.25) is 0 Å². The summed E-state index contributed by atoms with van der Waals surface area (Å²) in [5, 5.41) is 0. The van der Waals surface area contributed by atoms with E-state index in [1.807, 2.05) is 20.8 Å². The molecule has 8 heteroatoms. The van der Waals surface area contributed by atoms with E-state index >= 15 is 0 Å². The van der Waals surface area contributed by atoms with E-state index in [0.29, 0.717) is 13.1 Å². The van der Waals surface area contributed by atoms with Crippen molar-refractivity contribution in [2.75, 3.05) is 26.4 Å². The van der Waals surface area contributed by atoms with Crippen molar-refractivity contribution in [1.82, 2.24) is 8.61 Å². The fourth-order valence-corrected chi connectivity index (χ4v) is 4.83. The van der Waals surface area contributed by atoms with Crippen LogP contribution in [0, 0.1) is 0 Å². The molecule has 1 rings (SSSR count). The first kappa shape index (κ1) is 23.1. The summed E-state index contributed by atoms with van der Waals surface area (Å²) in [5.74, 6) is 0. The van der Waals surface area contributed by atoms with E-state index in [2.05, 4.69) is 0 Å². The molecule has 0 bridgehead atoms. The van der Waals surface area contributed by atoms with Gasteiger partial charge in [-0.15, -0.1) is 0 Å². The number of unbranched alkanes of at least 4 members (excludes halogenated alkanes) is 2. The van der Waals surface area contributed by atoms with Gasteiger partial charge in [-0.25, -0.2) is 8.42 Å².